The number of nitrogens with one attached hydrogen (secondary N) is 1. The average molecular weight is 307 g/mol. The summed E-state index contributed by atoms with van der Waals surface area (Å²) in [5.41, 5.74) is 0.652. The van der Waals surface area contributed by atoms with Crippen LogP contribution in [0.25, 0.3) is 0 Å². The number of carboxylic acids is 1. The third-order valence-electron chi connectivity index (χ3n) is 5.65. The third-order valence-corrected chi connectivity index (χ3v) is 6.48. The van der Waals surface area contributed by atoms with Crippen LogP contribution in [0, 0.1) is 17.3 Å². The quantitative estimate of drug-likeness (QED) is 0.836. The minimum absolute atomic E-state index is 0.0211. The minimum Gasteiger partial charge on any atom is -0.481 e. The van der Waals surface area contributed by atoms with Crippen molar-refractivity contribution in [3.05, 3.63) is 5.82 Å². The second-order valence-electron chi connectivity index (χ2n) is 7.70. The average Bonchev–Trinajstić information content (AvgIpc) is 2.82. The second-order valence-corrected chi connectivity index (χ2v) is 8.64. The molecule has 5 nitrogen and oxygen atoms in total. The van der Waals surface area contributed by atoms with Gasteiger partial charge in [0.2, 0.25) is 5.16 Å². The first-order valence-electron chi connectivity index (χ1n) is 7.74. The number of hydrogen-bond acceptors (Lipinski definition) is 4. The van der Waals surface area contributed by atoms with Crippen molar-refractivity contribution < 1.29 is 9.90 Å². The Morgan fingerprint density at radius 3 is 2.71 bits per heavy atom. The lowest BCUT2D eigenvalue weighted by Gasteiger charge is -2.60. The Morgan fingerprint density at radius 2 is 2.10 bits per heavy atom. The van der Waals surface area contributed by atoms with Crippen molar-refractivity contribution >= 4 is 17.7 Å². The van der Waals surface area contributed by atoms with Crippen LogP contribution in [-0.4, -0.2) is 32.0 Å². The number of aliphatic carboxylic acids is 1. The highest BCUT2D eigenvalue weighted by Gasteiger charge is 2.57. The predicted octanol–water partition coefficient (Wildman–Crippen LogP) is 2.84. The van der Waals surface area contributed by atoms with Crippen molar-refractivity contribution in [2.24, 2.45) is 17.3 Å². The molecule has 2 atom stereocenters. The van der Waals surface area contributed by atoms with Crippen LogP contribution >= 0.6 is 11.8 Å². The van der Waals surface area contributed by atoms with Crippen molar-refractivity contribution in [1.82, 2.24) is 15.2 Å². The van der Waals surface area contributed by atoms with Crippen LogP contribution in [0.2, 0.25) is 0 Å². The molecule has 4 aliphatic carbocycles. The van der Waals surface area contributed by atoms with E-state index >= 15 is 0 Å². The van der Waals surface area contributed by atoms with Gasteiger partial charge in [-0.25, -0.2) is 4.98 Å². The van der Waals surface area contributed by atoms with E-state index < -0.39 is 5.97 Å². The van der Waals surface area contributed by atoms with E-state index in [-0.39, 0.29) is 11.2 Å². The third kappa shape index (κ3) is 2.28. The molecule has 0 aromatic carbocycles. The molecular formula is C15H21N3O2S. The highest BCUT2D eigenvalue weighted by atomic mass is 32.2. The molecule has 2 N–H and O–H groups in total. The molecule has 4 fully saturated rings. The van der Waals surface area contributed by atoms with Crippen LogP contribution in [0.4, 0.5) is 0 Å². The first-order valence-corrected chi connectivity index (χ1v) is 8.72. The highest BCUT2D eigenvalue weighted by Crippen LogP contribution is 2.65. The van der Waals surface area contributed by atoms with E-state index in [0.29, 0.717) is 10.6 Å². The smallest absolute Gasteiger partial charge is 0.313 e. The zero-order valence-electron chi connectivity index (χ0n) is 12.3. The molecule has 6 heteroatoms. The van der Waals surface area contributed by atoms with Crippen LogP contribution < -0.4 is 0 Å². The molecule has 4 aliphatic rings. The van der Waals surface area contributed by atoms with Gasteiger partial charge in [0.15, 0.2) is 0 Å². The van der Waals surface area contributed by atoms with Crippen molar-refractivity contribution in [1.29, 1.82) is 0 Å². The number of aromatic nitrogens is 3. The summed E-state index contributed by atoms with van der Waals surface area (Å²) in [7, 11) is 0. The number of thioether (sulfide) groups is 1. The Kier molecular flexibility index (Phi) is 2.90. The van der Waals surface area contributed by atoms with E-state index in [1.165, 1.54) is 50.3 Å². The number of hydrogen-bond donors (Lipinski definition) is 2. The lowest BCUT2D eigenvalue weighted by Crippen LogP contribution is -2.53. The van der Waals surface area contributed by atoms with Crippen LogP contribution in [0.3, 0.4) is 0 Å². The maximum absolute atomic E-state index is 10.7. The van der Waals surface area contributed by atoms with Gasteiger partial charge in [0.05, 0.1) is 5.75 Å². The van der Waals surface area contributed by atoms with Gasteiger partial charge in [-0.1, -0.05) is 18.7 Å². The molecule has 114 valence electrons. The van der Waals surface area contributed by atoms with Gasteiger partial charge in [0.25, 0.3) is 0 Å². The number of rotatable bonds is 4. The molecule has 0 saturated heterocycles. The van der Waals surface area contributed by atoms with Gasteiger partial charge < -0.3 is 5.11 Å². The standard InChI is InChI=1S/C15H21N3O2S/c1-14-3-9-2-10(4-14)6-15(5-9,8-14)12-16-13(18-17-12)21-7-11(19)20/h9-10H,2-8H2,1H3,(H,19,20)(H,16,17,18). The number of nitrogens with zero attached hydrogens (tertiary/aromatic N) is 2. The first-order chi connectivity index (χ1) is 9.96. The fourth-order valence-corrected chi connectivity index (χ4v) is 6.19. The van der Waals surface area contributed by atoms with Gasteiger partial charge in [-0.15, -0.1) is 5.10 Å². The van der Waals surface area contributed by atoms with Crippen LogP contribution in [0.1, 0.15) is 51.3 Å². The summed E-state index contributed by atoms with van der Waals surface area (Å²) in [4.78, 5) is 15.3. The number of carbonyl (C=O) groups is 1. The largest absolute Gasteiger partial charge is 0.481 e. The first kappa shape index (κ1) is 13.6. The Labute approximate surface area is 128 Å². The lowest BCUT2D eigenvalue weighted by molar-refractivity contribution is -0.133. The molecule has 0 aliphatic heterocycles. The maximum atomic E-state index is 10.7. The molecular weight excluding hydrogens is 286 g/mol. The zero-order chi connectivity index (χ0) is 14.7. The molecule has 0 spiro atoms. The summed E-state index contributed by atoms with van der Waals surface area (Å²) in [5, 5.41) is 16.7. The Balaban J connectivity index is 1.59. The normalized spacial score (nSPS) is 40.6. The molecule has 4 bridgehead atoms. The van der Waals surface area contributed by atoms with Crippen molar-refractivity contribution in [2.75, 3.05) is 5.75 Å². The van der Waals surface area contributed by atoms with E-state index in [4.69, 9.17) is 5.11 Å². The van der Waals surface area contributed by atoms with E-state index in [2.05, 4.69) is 22.1 Å². The molecule has 2 unspecified atom stereocenters. The van der Waals surface area contributed by atoms with Crippen molar-refractivity contribution in [3.8, 4) is 0 Å². The van der Waals surface area contributed by atoms with E-state index in [0.717, 1.165) is 17.7 Å². The molecule has 0 radical (unpaired) electrons. The van der Waals surface area contributed by atoms with Gasteiger partial charge in [-0.2, -0.15) is 0 Å². The minimum atomic E-state index is -0.825. The van der Waals surface area contributed by atoms with Crippen LogP contribution in [-0.2, 0) is 10.2 Å². The van der Waals surface area contributed by atoms with Crippen LogP contribution in [0.15, 0.2) is 5.16 Å². The SMILES string of the molecule is CC12CC3CC(C1)CC(c1nc(SCC(=O)O)n[nH]1)(C3)C2. The van der Waals surface area contributed by atoms with Gasteiger partial charge >= 0.3 is 5.97 Å². The molecule has 5 rings (SSSR count). The maximum Gasteiger partial charge on any atom is 0.313 e. The molecule has 1 heterocycles. The Hall–Kier alpha value is -1.04. The van der Waals surface area contributed by atoms with Crippen molar-refractivity contribution in [3.63, 3.8) is 0 Å². The molecule has 1 aromatic rings. The summed E-state index contributed by atoms with van der Waals surface area (Å²) < 4.78 is 0. The van der Waals surface area contributed by atoms with Gasteiger partial charge in [0, 0.05) is 5.41 Å². The zero-order valence-corrected chi connectivity index (χ0v) is 13.1. The van der Waals surface area contributed by atoms with Crippen molar-refractivity contribution in [2.45, 2.75) is 56.0 Å². The Morgan fingerprint density at radius 1 is 1.38 bits per heavy atom. The van der Waals surface area contributed by atoms with E-state index in [9.17, 15) is 4.79 Å². The fraction of sp³-hybridized carbons (Fsp3) is 0.800. The molecule has 0 amide bonds. The summed E-state index contributed by atoms with van der Waals surface area (Å²) >= 11 is 1.20. The number of aromatic amines is 1. The number of carboxylic acid groups (broad SMARTS) is 1. The van der Waals surface area contributed by atoms with Gasteiger partial charge in [0.1, 0.15) is 5.82 Å². The van der Waals surface area contributed by atoms with Crippen LogP contribution in [0.5, 0.6) is 0 Å². The summed E-state index contributed by atoms with van der Waals surface area (Å²) in [6.45, 7) is 2.44. The topological polar surface area (TPSA) is 78.9 Å². The molecule has 4 saturated carbocycles. The summed E-state index contributed by atoms with van der Waals surface area (Å²) in [6, 6.07) is 0. The molecule has 21 heavy (non-hydrogen) atoms. The van der Waals surface area contributed by atoms with Gasteiger partial charge in [-0.3, -0.25) is 9.89 Å². The summed E-state index contributed by atoms with van der Waals surface area (Å²) in [5.74, 6) is 1.89. The summed E-state index contributed by atoms with van der Waals surface area (Å²) in [6.07, 6.45) is 7.83. The monoisotopic (exact) mass is 307 g/mol. The van der Waals surface area contributed by atoms with E-state index in [1.54, 1.807) is 0 Å². The Bertz CT molecular complexity index is 571. The lowest BCUT2D eigenvalue weighted by atomic mass is 9.44. The van der Waals surface area contributed by atoms with E-state index in [1.807, 2.05) is 0 Å². The van der Waals surface area contributed by atoms with Gasteiger partial charge in [-0.05, 0) is 55.8 Å². The molecule has 1 aromatic heterocycles. The highest BCUT2D eigenvalue weighted by molar-refractivity contribution is 7.99. The number of H-pyrrole nitrogens is 1. The predicted molar refractivity (Wildman–Crippen MR) is 79.2 cm³/mol. The second kappa shape index (κ2) is 4.48. The fourth-order valence-electron chi connectivity index (χ4n) is 5.67.